The smallest absolute Gasteiger partial charge is 0.238 e. The lowest BCUT2D eigenvalue weighted by molar-refractivity contribution is 0.423. The Labute approximate surface area is 111 Å². The van der Waals surface area contributed by atoms with Gasteiger partial charge in [-0.05, 0) is 6.07 Å². The van der Waals surface area contributed by atoms with Crippen molar-refractivity contribution in [3.8, 4) is 11.6 Å². The Balaban J connectivity index is 2.37. The Morgan fingerprint density at radius 1 is 1.11 bits per heavy atom. The summed E-state index contributed by atoms with van der Waals surface area (Å²) >= 11 is 11.4. The number of rotatable bonds is 2. The molecule has 2 N–H and O–H groups in total. The number of pyridine rings is 1. The van der Waals surface area contributed by atoms with Gasteiger partial charge in [-0.15, -0.1) is 0 Å². The molecule has 2 rings (SSSR count). The quantitative estimate of drug-likeness (QED) is 0.849. The van der Waals surface area contributed by atoms with Crippen molar-refractivity contribution in [1.82, 2.24) is 4.98 Å². The number of nitrogens with zero attached hydrogens (tertiary/aromatic N) is 1. The summed E-state index contributed by atoms with van der Waals surface area (Å²) in [5.74, 6) is -2.05. The Morgan fingerprint density at radius 2 is 1.83 bits per heavy atom. The van der Waals surface area contributed by atoms with E-state index in [4.69, 9.17) is 33.7 Å². The Bertz CT molecular complexity index is 608. The van der Waals surface area contributed by atoms with Crippen LogP contribution in [-0.2, 0) is 0 Å². The summed E-state index contributed by atoms with van der Waals surface area (Å²) in [7, 11) is 0. The number of hydrogen-bond donors (Lipinski definition) is 1. The first-order valence-corrected chi connectivity index (χ1v) is 5.46. The third kappa shape index (κ3) is 2.63. The van der Waals surface area contributed by atoms with E-state index in [1.54, 1.807) is 0 Å². The number of nitrogens with two attached hydrogens (primary N) is 1. The molecule has 1 heterocycles. The Morgan fingerprint density at radius 3 is 2.50 bits per heavy atom. The molecule has 0 saturated heterocycles. The molecule has 94 valence electrons. The molecule has 0 atom stereocenters. The van der Waals surface area contributed by atoms with E-state index in [0.717, 1.165) is 12.1 Å². The van der Waals surface area contributed by atoms with Gasteiger partial charge in [0, 0.05) is 18.3 Å². The van der Waals surface area contributed by atoms with Crippen LogP contribution in [-0.4, -0.2) is 4.98 Å². The van der Waals surface area contributed by atoms with Gasteiger partial charge in [-0.3, -0.25) is 0 Å². The van der Waals surface area contributed by atoms with Crippen LogP contribution in [0.3, 0.4) is 0 Å². The summed E-state index contributed by atoms with van der Waals surface area (Å²) in [4.78, 5) is 3.76. The molecule has 1 aromatic carbocycles. The van der Waals surface area contributed by atoms with Gasteiger partial charge in [0.1, 0.15) is 10.8 Å². The molecular weight excluding hydrogens is 285 g/mol. The minimum Gasteiger partial charge on any atom is -0.434 e. The lowest BCUT2D eigenvalue weighted by Crippen LogP contribution is -1.96. The van der Waals surface area contributed by atoms with Gasteiger partial charge in [-0.2, -0.15) is 0 Å². The van der Waals surface area contributed by atoms with Crippen LogP contribution in [0.2, 0.25) is 10.0 Å². The third-order valence-electron chi connectivity index (χ3n) is 2.03. The first-order valence-electron chi connectivity index (χ1n) is 4.71. The van der Waals surface area contributed by atoms with E-state index in [1.807, 2.05) is 0 Å². The molecule has 0 bridgehead atoms. The predicted octanol–water partition coefficient (Wildman–Crippen LogP) is 4.04. The molecule has 0 aliphatic rings. The summed E-state index contributed by atoms with van der Waals surface area (Å²) in [6.07, 6.45) is 1.27. The predicted molar refractivity (Wildman–Crippen MR) is 65.1 cm³/mol. The molecule has 0 radical (unpaired) electrons. The highest BCUT2D eigenvalue weighted by Crippen LogP contribution is 2.31. The Hall–Kier alpha value is -1.59. The number of nitrogen functional groups attached to an aromatic ring is 1. The summed E-state index contributed by atoms with van der Waals surface area (Å²) in [6.45, 7) is 0. The zero-order valence-corrected chi connectivity index (χ0v) is 10.3. The fourth-order valence-electron chi connectivity index (χ4n) is 1.20. The molecule has 1 aromatic heterocycles. The van der Waals surface area contributed by atoms with Gasteiger partial charge in [0.25, 0.3) is 0 Å². The van der Waals surface area contributed by atoms with Gasteiger partial charge in [-0.1, -0.05) is 23.2 Å². The molecule has 0 amide bonds. The van der Waals surface area contributed by atoms with Crippen molar-refractivity contribution < 1.29 is 13.5 Å². The SMILES string of the molecule is Nc1cc(F)c(Oc2ncc(Cl)cc2Cl)cc1F. The molecule has 3 nitrogen and oxygen atoms in total. The highest BCUT2D eigenvalue weighted by atomic mass is 35.5. The van der Waals surface area contributed by atoms with Crippen molar-refractivity contribution in [2.24, 2.45) is 0 Å². The fourth-order valence-corrected chi connectivity index (χ4v) is 1.62. The number of ether oxygens (including phenoxy) is 1. The highest BCUT2D eigenvalue weighted by Gasteiger charge is 2.12. The van der Waals surface area contributed by atoms with Gasteiger partial charge in [-0.25, -0.2) is 13.8 Å². The highest BCUT2D eigenvalue weighted by molar-refractivity contribution is 6.35. The van der Waals surface area contributed by atoms with Crippen LogP contribution in [0, 0.1) is 11.6 Å². The second-order valence-corrected chi connectivity index (χ2v) is 4.19. The fraction of sp³-hybridized carbons (Fsp3) is 0. The zero-order chi connectivity index (χ0) is 13.3. The number of hydrogen-bond acceptors (Lipinski definition) is 3. The van der Waals surface area contributed by atoms with E-state index in [2.05, 4.69) is 4.98 Å². The lowest BCUT2D eigenvalue weighted by atomic mass is 10.3. The molecule has 0 spiro atoms. The minimum atomic E-state index is -0.818. The molecule has 0 fully saturated rings. The summed E-state index contributed by atoms with van der Waals surface area (Å²) < 4.78 is 31.7. The van der Waals surface area contributed by atoms with Crippen LogP contribution in [0.15, 0.2) is 24.4 Å². The Kier molecular flexibility index (Phi) is 3.54. The van der Waals surface area contributed by atoms with E-state index in [-0.39, 0.29) is 22.3 Å². The average molecular weight is 291 g/mol. The van der Waals surface area contributed by atoms with Crippen LogP contribution in [0.5, 0.6) is 11.6 Å². The summed E-state index contributed by atoms with van der Waals surface area (Å²) in [5.41, 5.74) is 4.89. The molecule has 2 aromatic rings. The molecule has 0 unspecified atom stereocenters. The van der Waals surface area contributed by atoms with E-state index in [9.17, 15) is 8.78 Å². The molecule has 0 aliphatic carbocycles. The van der Waals surface area contributed by atoms with Gasteiger partial charge >= 0.3 is 0 Å². The number of halogens is 4. The average Bonchev–Trinajstić information content (AvgIpc) is 2.29. The van der Waals surface area contributed by atoms with E-state index in [1.165, 1.54) is 12.3 Å². The molecule has 0 saturated carbocycles. The normalized spacial score (nSPS) is 10.4. The van der Waals surface area contributed by atoms with Gasteiger partial charge in [0.15, 0.2) is 11.6 Å². The molecule has 0 aliphatic heterocycles. The number of aromatic nitrogens is 1. The summed E-state index contributed by atoms with van der Waals surface area (Å²) in [5, 5.41) is 0.385. The second-order valence-electron chi connectivity index (χ2n) is 3.35. The van der Waals surface area contributed by atoms with Crippen LogP contribution in [0.4, 0.5) is 14.5 Å². The number of anilines is 1. The van der Waals surface area contributed by atoms with E-state index < -0.39 is 11.6 Å². The first-order chi connectivity index (χ1) is 8.47. The summed E-state index contributed by atoms with van der Waals surface area (Å²) in [6, 6.07) is 3.00. The molecular formula is C11H6Cl2F2N2O. The third-order valence-corrected chi connectivity index (χ3v) is 2.51. The van der Waals surface area contributed by atoms with Crippen LogP contribution < -0.4 is 10.5 Å². The maximum Gasteiger partial charge on any atom is 0.238 e. The van der Waals surface area contributed by atoms with Crippen molar-refractivity contribution in [1.29, 1.82) is 0 Å². The largest absolute Gasteiger partial charge is 0.434 e. The topological polar surface area (TPSA) is 48.1 Å². The number of benzene rings is 1. The van der Waals surface area contributed by atoms with Crippen LogP contribution >= 0.6 is 23.2 Å². The molecule has 18 heavy (non-hydrogen) atoms. The second kappa shape index (κ2) is 4.96. The first kappa shape index (κ1) is 12.9. The minimum absolute atomic E-state index is 0.0795. The van der Waals surface area contributed by atoms with Crippen molar-refractivity contribution in [2.75, 3.05) is 5.73 Å². The maximum atomic E-state index is 13.5. The van der Waals surface area contributed by atoms with Crippen molar-refractivity contribution >= 4 is 28.9 Å². The standard InChI is InChI=1S/C11H6Cl2F2N2O/c12-5-1-6(13)11(17-4-5)18-10-3-7(14)9(16)2-8(10)15/h1-4H,16H2. The molecule has 7 heteroatoms. The monoisotopic (exact) mass is 290 g/mol. The maximum absolute atomic E-state index is 13.5. The van der Waals surface area contributed by atoms with E-state index in [0.29, 0.717) is 5.02 Å². The van der Waals surface area contributed by atoms with Gasteiger partial charge in [0.05, 0.1) is 10.7 Å². The van der Waals surface area contributed by atoms with Gasteiger partial charge < -0.3 is 10.5 Å². The van der Waals surface area contributed by atoms with Crippen molar-refractivity contribution in [2.45, 2.75) is 0 Å². The van der Waals surface area contributed by atoms with Crippen molar-refractivity contribution in [3.63, 3.8) is 0 Å². The van der Waals surface area contributed by atoms with Crippen molar-refractivity contribution in [3.05, 3.63) is 46.1 Å². The van der Waals surface area contributed by atoms with Crippen LogP contribution in [0.25, 0.3) is 0 Å². The van der Waals surface area contributed by atoms with Crippen LogP contribution in [0.1, 0.15) is 0 Å². The van der Waals surface area contributed by atoms with Gasteiger partial charge in [0.2, 0.25) is 5.88 Å². The lowest BCUT2D eigenvalue weighted by Gasteiger charge is -2.08. The van der Waals surface area contributed by atoms with E-state index >= 15 is 0 Å². The zero-order valence-electron chi connectivity index (χ0n) is 8.75.